The molecule has 0 bridgehead atoms. The average Bonchev–Trinajstić information content (AvgIpc) is 2.95. The van der Waals surface area contributed by atoms with Crippen molar-refractivity contribution in [3.05, 3.63) is 48.7 Å². The Morgan fingerprint density at radius 1 is 0.806 bits per heavy atom. The van der Waals surface area contributed by atoms with Gasteiger partial charge in [0, 0.05) is 69.9 Å². The van der Waals surface area contributed by atoms with Gasteiger partial charge in [-0.2, -0.15) is 15.0 Å². The van der Waals surface area contributed by atoms with Crippen LogP contribution < -0.4 is 24.9 Å². The highest BCUT2D eigenvalue weighted by Crippen LogP contribution is 2.24. The van der Waals surface area contributed by atoms with Crippen molar-refractivity contribution in [2.75, 3.05) is 90.5 Å². The lowest BCUT2D eigenvalue weighted by Crippen LogP contribution is -2.47. The molecule has 190 valence electrons. The highest BCUT2D eigenvalue weighted by atomic mass is 16.5. The summed E-state index contributed by atoms with van der Waals surface area (Å²) >= 11 is 0. The lowest BCUT2D eigenvalue weighted by atomic mass is 10.2. The molecule has 2 saturated heterocycles. The normalized spacial score (nSPS) is 16.2. The molecule has 10 nitrogen and oxygen atoms in total. The Labute approximate surface area is 212 Å². The first-order valence-corrected chi connectivity index (χ1v) is 12.8. The molecule has 0 aliphatic carbocycles. The van der Waals surface area contributed by atoms with Gasteiger partial charge in [-0.1, -0.05) is 6.07 Å². The maximum atomic E-state index is 5.47. The van der Waals surface area contributed by atoms with E-state index in [0.29, 0.717) is 17.8 Å². The molecule has 36 heavy (non-hydrogen) atoms. The fraction of sp³-hybridized carbons (Fsp3) is 0.462. The lowest BCUT2D eigenvalue weighted by Gasteiger charge is -2.35. The van der Waals surface area contributed by atoms with Crippen LogP contribution in [0.5, 0.6) is 0 Å². The first kappa shape index (κ1) is 24.1. The van der Waals surface area contributed by atoms with E-state index in [2.05, 4.69) is 74.1 Å². The van der Waals surface area contributed by atoms with Crippen LogP contribution in [0, 0.1) is 0 Å². The molecule has 1 aromatic carbocycles. The maximum absolute atomic E-state index is 5.47. The second kappa shape index (κ2) is 11.4. The number of hydrogen-bond donors (Lipinski definition) is 1. The molecular weight excluding hydrogens is 454 g/mol. The standard InChI is InChI=1S/C26H35N9O/c1-3-32(4-2)25-29-24(28-21-8-10-22(11-9-21)33-17-19-36-20-18-33)30-26(31-25)35-15-13-34(14-16-35)23-7-5-6-12-27-23/h5-12H,3-4,13-20H2,1-2H3,(H,28,29,30,31). The molecule has 2 fully saturated rings. The van der Waals surface area contributed by atoms with Gasteiger partial charge in [-0.3, -0.25) is 0 Å². The Balaban J connectivity index is 1.33. The van der Waals surface area contributed by atoms with Crippen molar-refractivity contribution in [1.29, 1.82) is 0 Å². The molecule has 1 N–H and O–H groups in total. The largest absolute Gasteiger partial charge is 0.378 e. The number of anilines is 6. The number of benzene rings is 1. The quantitative estimate of drug-likeness (QED) is 0.510. The lowest BCUT2D eigenvalue weighted by molar-refractivity contribution is 0.122. The van der Waals surface area contributed by atoms with Gasteiger partial charge in [0.15, 0.2) is 0 Å². The summed E-state index contributed by atoms with van der Waals surface area (Å²) in [5.74, 6) is 2.98. The number of morpholine rings is 1. The predicted octanol–water partition coefficient (Wildman–Crippen LogP) is 3.02. The SMILES string of the molecule is CCN(CC)c1nc(Nc2ccc(N3CCOCC3)cc2)nc(N2CCN(c3ccccn3)CC2)n1. The Hall–Kier alpha value is -3.66. The number of hydrogen-bond acceptors (Lipinski definition) is 10. The molecule has 2 aromatic heterocycles. The first-order valence-electron chi connectivity index (χ1n) is 12.8. The average molecular weight is 490 g/mol. The van der Waals surface area contributed by atoms with Crippen molar-refractivity contribution < 1.29 is 4.74 Å². The topological polar surface area (TPSA) is 85.8 Å². The summed E-state index contributed by atoms with van der Waals surface area (Å²) in [6.07, 6.45) is 1.84. The Kier molecular flexibility index (Phi) is 7.61. The van der Waals surface area contributed by atoms with Crippen molar-refractivity contribution in [3.63, 3.8) is 0 Å². The van der Waals surface area contributed by atoms with Crippen LogP contribution in [0.1, 0.15) is 13.8 Å². The molecule has 0 radical (unpaired) electrons. The molecule has 0 spiro atoms. The minimum atomic E-state index is 0.563. The Morgan fingerprint density at radius 2 is 1.53 bits per heavy atom. The number of nitrogens with zero attached hydrogens (tertiary/aromatic N) is 8. The van der Waals surface area contributed by atoms with Gasteiger partial charge in [0.05, 0.1) is 13.2 Å². The van der Waals surface area contributed by atoms with Crippen molar-refractivity contribution in [2.24, 2.45) is 0 Å². The molecular formula is C26H35N9O. The van der Waals surface area contributed by atoms with E-state index in [1.807, 2.05) is 18.3 Å². The zero-order valence-corrected chi connectivity index (χ0v) is 21.2. The van der Waals surface area contributed by atoms with Gasteiger partial charge in [0.1, 0.15) is 5.82 Å². The predicted molar refractivity (Wildman–Crippen MR) is 145 cm³/mol. The van der Waals surface area contributed by atoms with Crippen LogP contribution in [0.3, 0.4) is 0 Å². The minimum Gasteiger partial charge on any atom is -0.378 e. The van der Waals surface area contributed by atoms with Gasteiger partial charge in [0.2, 0.25) is 17.8 Å². The van der Waals surface area contributed by atoms with Crippen LogP contribution in [0.25, 0.3) is 0 Å². The van der Waals surface area contributed by atoms with E-state index < -0.39 is 0 Å². The van der Waals surface area contributed by atoms with Crippen molar-refractivity contribution in [2.45, 2.75) is 13.8 Å². The maximum Gasteiger partial charge on any atom is 0.233 e. The summed E-state index contributed by atoms with van der Waals surface area (Å²) < 4.78 is 5.47. The minimum absolute atomic E-state index is 0.563. The van der Waals surface area contributed by atoms with Crippen LogP contribution in [0.2, 0.25) is 0 Å². The number of piperazine rings is 1. The number of ether oxygens (including phenoxy) is 1. The van der Waals surface area contributed by atoms with Crippen LogP contribution in [-0.4, -0.2) is 85.5 Å². The monoisotopic (exact) mass is 489 g/mol. The van der Waals surface area contributed by atoms with Crippen LogP contribution in [0.4, 0.5) is 35.0 Å². The Morgan fingerprint density at radius 3 is 2.19 bits per heavy atom. The van der Waals surface area contributed by atoms with Crippen molar-refractivity contribution in [1.82, 2.24) is 19.9 Å². The molecule has 3 aromatic rings. The third-order valence-electron chi connectivity index (χ3n) is 6.69. The summed E-state index contributed by atoms with van der Waals surface area (Å²) in [5, 5.41) is 3.41. The van der Waals surface area contributed by atoms with Crippen LogP contribution >= 0.6 is 0 Å². The summed E-state index contributed by atoms with van der Waals surface area (Å²) in [6, 6.07) is 14.5. The summed E-state index contributed by atoms with van der Waals surface area (Å²) in [6.45, 7) is 12.7. The Bertz CT molecular complexity index is 1090. The van der Waals surface area contributed by atoms with Gasteiger partial charge in [-0.05, 0) is 50.2 Å². The molecule has 0 atom stereocenters. The summed E-state index contributed by atoms with van der Waals surface area (Å²) in [5.41, 5.74) is 2.16. The van der Waals surface area contributed by atoms with Gasteiger partial charge < -0.3 is 29.7 Å². The second-order valence-corrected chi connectivity index (χ2v) is 8.86. The van der Waals surface area contributed by atoms with E-state index in [1.54, 1.807) is 0 Å². The van der Waals surface area contributed by atoms with Gasteiger partial charge in [-0.15, -0.1) is 0 Å². The van der Waals surface area contributed by atoms with Crippen LogP contribution in [0.15, 0.2) is 48.7 Å². The fourth-order valence-corrected chi connectivity index (χ4v) is 4.58. The molecule has 2 aliphatic heterocycles. The second-order valence-electron chi connectivity index (χ2n) is 8.86. The zero-order chi connectivity index (χ0) is 24.7. The van der Waals surface area contributed by atoms with Gasteiger partial charge >= 0.3 is 0 Å². The van der Waals surface area contributed by atoms with E-state index in [1.165, 1.54) is 5.69 Å². The van der Waals surface area contributed by atoms with E-state index in [0.717, 1.165) is 77.1 Å². The summed E-state index contributed by atoms with van der Waals surface area (Å²) in [7, 11) is 0. The van der Waals surface area contributed by atoms with Gasteiger partial charge in [0.25, 0.3) is 0 Å². The molecule has 5 rings (SSSR count). The number of aromatic nitrogens is 4. The smallest absolute Gasteiger partial charge is 0.233 e. The van der Waals surface area contributed by atoms with E-state index in [9.17, 15) is 0 Å². The van der Waals surface area contributed by atoms with E-state index in [4.69, 9.17) is 19.7 Å². The number of pyridine rings is 1. The molecule has 4 heterocycles. The number of nitrogens with one attached hydrogen (secondary N) is 1. The molecule has 10 heteroatoms. The van der Waals surface area contributed by atoms with Gasteiger partial charge in [-0.25, -0.2) is 4.98 Å². The third-order valence-corrected chi connectivity index (χ3v) is 6.69. The first-order chi connectivity index (χ1) is 17.7. The van der Waals surface area contributed by atoms with E-state index >= 15 is 0 Å². The molecule has 2 aliphatic rings. The molecule has 0 amide bonds. The highest BCUT2D eigenvalue weighted by molar-refractivity contribution is 5.61. The fourth-order valence-electron chi connectivity index (χ4n) is 4.58. The van der Waals surface area contributed by atoms with Crippen molar-refractivity contribution in [3.8, 4) is 0 Å². The number of rotatable bonds is 8. The van der Waals surface area contributed by atoms with Crippen LogP contribution in [-0.2, 0) is 4.74 Å². The van der Waals surface area contributed by atoms with Crippen molar-refractivity contribution >= 4 is 35.0 Å². The van der Waals surface area contributed by atoms with E-state index in [-0.39, 0.29) is 0 Å². The third kappa shape index (κ3) is 5.59. The highest BCUT2D eigenvalue weighted by Gasteiger charge is 2.22. The zero-order valence-electron chi connectivity index (χ0n) is 21.2. The molecule has 0 saturated carbocycles. The molecule has 0 unspecified atom stereocenters. The summed E-state index contributed by atoms with van der Waals surface area (Å²) in [4.78, 5) is 28.0.